The summed E-state index contributed by atoms with van der Waals surface area (Å²) in [6.45, 7) is 0. The fraction of sp³-hybridized carbons (Fsp3) is 0. The van der Waals surface area contributed by atoms with Gasteiger partial charge < -0.3 is 0 Å². The van der Waals surface area contributed by atoms with E-state index < -0.39 is 22.4 Å². The molecule has 82 valence electrons. The first-order valence-corrected chi connectivity index (χ1v) is 4.28. The van der Waals surface area contributed by atoms with E-state index >= 15 is 0 Å². The highest BCUT2D eigenvalue weighted by molar-refractivity contribution is 6.36. The molecule has 2 rings (SSSR count). The summed E-state index contributed by atoms with van der Waals surface area (Å²) in [6, 6.07) is 4.00. The highest BCUT2D eigenvalue weighted by Crippen LogP contribution is 2.10. The van der Waals surface area contributed by atoms with E-state index in [9.17, 15) is 19.7 Å². The van der Waals surface area contributed by atoms with Crippen molar-refractivity contribution in [2.24, 2.45) is 9.98 Å². The van der Waals surface area contributed by atoms with Gasteiger partial charge in [-0.1, -0.05) is 0 Å². The number of nitriles is 1. The highest BCUT2D eigenvalue weighted by atomic mass is 16.6. The number of benzene rings is 1. The second-order valence-electron chi connectivity index (χ2n) is 3.03. The molecule has 0 fully saturated rings. The lowest BCUT2D eigenvalue weighted by atomic mass is 10.1. The summed E-state index contributed by atoms with van der Waals surface area (Å²) in [5.74, 6) is -2.27. The number of hydrogen-bond acceptors (Lipinski definition) is 5. The SMILES string of the molecule is N#Cc1ccc2c(c1[N+](=O)[O-])=NC(=O)C(=O)N=2. The van der Waals surface area contributed by atoms with Crippen molar-refractivity contribution < 1.29 is 14.5 Å². The second kappa shape index (κ2) is 3.57. The van der Waals surface area contributed by atoms with Gasteiger partial charge in [-0.15, -0.1) is 0 Å². The van der Waals surface area contributed by atoms with E-state index in [1.54, 1.807) is 6.07 Å². The van der Waals surface area contributed by atoms with Crippen molar-refractivity contribution in [3.8, 4) is 6.07 Å². The molecule has 1 heterocycles. The van der Waals surface area contributed by atoms with Crippen LogP contribution in [-0.2, 0) is 9.59 Å². The van der Waals surface area contributed by atoms with Crippen LogP contribution in [0.3, 0.4) is 0 Å². The summed E-state index contributed by atoms with van der Waals surface area (Å²) < 4.78 is 0. The summed E-state index contributed by atoms with van der Waals surface area (Å²) in [7, 11) is 0. The third-order valence-corrected chi connectivity index (χ3v) is 2.05. The van der Waals surface area contributed by atoms with Crippen molar-refractivity contribution in [1.82, 2.24) is 0 Å². The van der Waals surface area contributed by atoms with Crippen LogP contribution >= 0.6 is 0 Å². The maximum atomic E-state index is 11.0. The van der Waals surface area contributed by atoms with Crippen LogP contribution < -0.4 is 10.7 Å². The van der Waals surface area contributed by atoms with E-state index in [2.05, 4.69) is 9.98 Å². The van der Waals surface area contributed by atoms with Crippen LogP contribution in [0.5, 0.6) is 0 Å². The predicted molar refractivity (Wildman–Crippen MR) is 50.1 cm³/mol. The highest BCUT2D eigenvalue weighted by Gasteiger charge is 2.24. The normalized spacial score (nSPS) is 13.1. The van der Waals surface area contributed by atoms with Gasteiger partial charge in [0.1, 0.15) is 17.0 Å². The first kappa shape index (κ1) is 10.6. The molecule has 0 atom stereocenters. The zero-order chi connectivity index (χ0) is 12.6. The van der Waals surface area contributed by atoms with Crippen LogP contribution in [0.4, 0.5) is 5.69 Å². The molecule has 2 amide bonds. The fourth-order valence-corrected chi connectivity index (χ4v) is 1.35. The first-order valence-electron chi connectivity index (χ1n) is 4.28. The van der Waals surface area contributed by atoms with E-state index in [-0.39, 0.29) is 16.3 Å². The Morgan fingerprint density at radius 3 is 2.47 bits per heavy atom. The van der Waals surface area contributed by atoms with Crippen molar-refractivity contribution >= 4 is 17.5 Å². The standard InChI is InChI=1S/C9H2N4O4/c10-3-4-1-2-5-6(7(4)13(16)17)12-9(15)8(14)11-5/h1-2H. The van der Waals surface area contributed by atoms with E-state index in [1.165, 1.54) is 6.07 Å². The molecule has 0 unspecified atom stereocenters. The van der Waals surface area contributed by atoms with Crippen LogP contribution in [-0.4, -0.2) is 16.7 Å². The van der Waals surface area contributed by atoms with Gasteiger partial charge in [0.15, 0.2) is 5.36 Å². The van der Waals surface area contributed by atoms with Crippen molar-refractivity contribution in [1.29, 1.82) is 5.26 Å². The molecule has 0 aromatic heterocycles. The number of fused-ring (bicyclic) bond motifs is 1. The Morgan fingerprint density at radius 1 is 1.24 bits per heavy atom. The zero-order valence-corrected chi connectivity index (χ0v) is 8.08. The maximum Gasteiger partial charge on any atom is 0.338 e. The number of carbonyl (C=O) groups excluding carboxylic acids is 2. The maximum absolute atomic E-state index is 11.0. The van der Waals surface area contributed by atoms with Gasteiger partial charge in [0.2, 0.25) is 0 Å². The molecule has 1 aliphatic heterocycles. The fourth-order valence-electron chi connectivity index (χ4n) is 1.35. The van der Waals surface area contributed by atoms with Crippen LogP contribution in [0.1, 0.15) is 5.56 Å². The molecule has 0 bridgehead atoms. The van der Waals surface area contributed by atoms with Crippen molar-refractivity contribution in [2.45, 2.75) is 0 Å². The summed E-state index contributed by atoms with van der Waals surface area (Å²) in [4.78, 5) is 38.6. The van der Waals surface area contributed by atoms with Gasteiger partial charge in [-0.3, -0.25) is 19.7 Å². The van der Waals surface area contributed by atoms with Gasteiger partial charge in [0.25, 0.3) is 0 Å². The summed E-state index contributed by atoms with van der Waals surface area (Å²) in [5, 5.41) is 19.1. The Hall–Kier alpha value is -2.95. The van der Waals surface area contributed by atoms with Gasteiger partial charge in [-0.2, -0.15) is 10.3 Å². The average Bonchev–Trinajstić information content (AvgIpc) is 2.29. The smallest absolute Gasteiger partial charge is 0.261 e. The van der Waals surface area contributed by atoms with E-state index in [0.29, 0.717) is 0 Å². The topological polar surface area (TPSA) is 126 Å². The van der Waals surface area contributed by atoms with Gasteiger partial charge in [0.05, 0.1) is 4.92 Å². The number of rotatable bonds is 1. The quantitative estimate of drug-likeness (QED) is 0.339. The summed E-state index contributed by atoms with van der Waals surface area (Å²) in [5.41, 5.74) is -0.857. The lowest BCUT2D eigenvalue weighted by Gasteiger charge is -1.99. The van der Waals surface area contributed by atoms with Crippen molar-refractivity contribution in [2.75, 3.05) is 0 Å². The van der Waals surface area contributed by atoms with E-state index in [0.717, 1.165) is 6.07 Å². The number of carbonyl (C=O) groups is 2. The first-order chi connectivity index (χ1) is 8.04. The Kier molecular flexibility index (Phi) is 2.22. The number of nitrogens with zero attached hydrogens (tertiary/aromatic N) is 4. The molecule has 8 heteroatoms. The zero-order valence-electron chi connectivity index (χ0n) is 8.08. The van der Waals surface area contributed by atoms with Gasteiger partial charge in [0, 0.05) is 0 Å². The molecule has 0 N–H and O–H groups in total. The number of amides is 2. The number of hydrogen-bond donors (Lipinski definition) is 0. The molecular formula is C9H2N4O4. The van der Waals surface area contributed by atoms with Crippen LogP contribution in [0, 0.1) is 21.4 Å². The molecule has 0 aliphatic carbocycles. The van der Waals surface area contributed by atoms with Crippen molar-refractivity contribution in [3.63, 3.8) is 0 Å². The average molecular weight is 230 g/mol. The molecule has 8 nitrogen and oxygen atoms in total. The molecular weight excluding hydrogens is 228 g/mol. The van der Waals surface area contributed by atoms with Crippen molar-refractivity contribution in [3.05, 3.63) is 38.5 Å². The van der Waals surface area contributed by atoms with E-state index in [1.807, 2.05) is 0 Å². The van der Waals surface area contributed by atoms with Crippen LogP contribution in [0.2, 0.25) is 0 Å². The third-order valence-electron chi connectivity index (χ3n) is 2.05. The Balaban J connectivity index is 2.99. The minimum Gasteiger partial charge on any atom is -0.261 e. The summed E-state index contributed by atoms with van der Waals surface area (Å²) >= 11 is 0. The number of nitro benzene ring substituents is 1. The minimum atomic E-state index is -1.18. The Morgan fingerprint density at radius 2 is 1.88 bits per heavy atom. The molecule has 1 aromatic rings. The number of nitro groups is 1. The predicted octanol–water partition coefficient (Wildman–Crippen LogP) is -1.23. The van der Waals surface area contributed by atoms with Crippen LogP contribution in [0.15, 0.2) is 22.1 Å². The monoisotopic (exact) mass is 230 g/mol. The largest absolute Gasteiger partial charge is 0.338 e. The molecule has 17 heavy (non-hydrogen) atoms. The van der Waals surface area contributed by atoms with Gasteiger partial charge in [-0.25, -0.2) is 4.99 Å². The molecule has 0 saturated carbocycles. The van der Waals surface area contributed by atoms with Gasteiger partial charge >= 0.3 is 17.5 Å². The molecule has 0 radical (unpaired) electrons. The molecule has 0 spiro atoms. The molecule has 1 aliphatic rings. The molecule has 0 saturated heterocycles. The van der Waals surface area contributed by atoms with Crippen LogP contribution in [0.25, 0.3) is 0 Å². The summed E-state index contributed by atoms with van der Waals surface area (Å²) in [6.07, 6.45) is 0. The lowest BCUT2D eigenvalue weighted by Crippen LogP contribution is -2.36. The minimum absolute atomic E-state index is 0.0831. The Bertz CT molecular complexity index is 729. The lowest BCUT2D eigenvalue weighted by molar-refractivity contribution is -0.386. The molecule has 1 aromatic carbocycles. The van der Waals surface area contributed by atoms with E-state index in [4.69, 9.17) is 5.26 Å². The van der Waals surface area contributed by atoms with Gasteiger partial charge in [-0.05, 0) is 12.1 Å². The Labute approximate surface area is 92.7 Å². The third kappa shape index (κ3) is 1.55. The second-order valence-corrected chi connectivity index (χ2v) is 3.03.